The first-order chi connectivity index (χ1) is 9.93. The van der Waals surface area contributed by atoms with Crippen LogP contribution in [-0.2, 0) is 14.8 Å². The molecule has 1 fully saturated rings. The summed E-state index contributed by atoms with van der Waals surface area (Å²) in [4.78, 5) is 14.1. The van der Waals surface area contributed by atoms with Gasteiger partial charge in [0.2, 0.25) is 15.9 Å². The fourth-order valence-corrected chi connectivity index (χ4v) is 3.02. The first-order valence-electron chi connectivity index (χ1n) is 7.11. The number of primary sulfonamides is 1. The van der Waals surface area contributed by atoms with Gasteiger partial charge in [0.25, 0.3) is 0 Å². The highest BCUT2D eigenvalue weighted by Gasteiger charge is 2.29. The number of rotatable bonds is 5. The molecule has 1 heterocycles. The summed E-state index contributed by atoms with van der Waals surface area (Å²) in [5.41, 5.74) is 0.578. The van der Waals surface area contributed by atoms with E-state index in [-0.39, 0.29) is 16.8 Å². The van der Waals surface area contributed by atoms with Gasteiger partial charge in [0.1, 0.15) is 0 Å². The molecule has 21 heavy (non-hydrogen) atoms. The predicted octanol–water partition coefficient (Wildman–Crippen LogP) is 0.829. The van der Waals surface area contributed by atoms with E-state index in [9.17, 15) is 13.2 Å². The van der Waals surface area contributed by atoms with Crippen LogP contribution in [0.25, 0.3) is 0 Å². The van der Waals surface area contributed by atoms with Crippen molar-refractivity contribution in [2.24, 2.45) is 5.14 Å². The Kier molecular flexibility index (Phi) is 4.97. The Bertz CT molecular complexity index is 616. The largest absolute Gasteiger partial charge is 0.311 e. The summed E-state index contributed by atoms with van der Waals surface area (Å²) in [6.45, 7) is 3.44. The Morgan fingerprint density at radius 3 is 2.86 bits per heavy atom. The molecule has 1 aromatic rings. The number of benzene rings is 1. The summed E-state index contributed by atoms with van der Waals surface area (Å²) in [6, 6.07) is 6.02. The lowest BCUT2D eigenvalue weighted by Crippen LogP contribution is -2.51. The second kappa shape index (κ2) is 6.55. The van der Waals surface area contributed by atoms with Gasteiger partial charge in [-0.2, -0.15) is 0 Å². The van der Waals surface area contributed by atoms with Crippen molar-refractivity contribution in [3.05, 3.63) is 24.3 Å². The standard InChI is InChI=1S/C14H21N3O3S/c1-2-8-16-13-7-4-9-17(14(13)18)11-5-3-6-12(10-11)21(15,19)20/h3,5-6,10,13,16H,2,4,7-9H2,1H3,(H2,15,19,20). The van der Waals surface area contributed by atoms with Crippen LogP contribution in [0.4, 0.5) is 5.69 Å². The SMILES string of the molecule is CCCNC1CCCN(c2cccc(S(N)(=O)=O)c2)C1=O. The number of nitrogens with zero attached hydrogens (tertiary/aromatic N) is 1. The zero-order valence-electron chi connectivity index (χ0n) is 12.1. The van der Waals surface area contributed by atoms with Crippen molar-refractivity contribution in [1.82, 2.24) is 5.32 Å². The third-order valence-electron chi connectivity index (χ3n) is 3.54. The molecule has 1 amide bonds. The number of sulfonamides is 1. The van der Waals surface area contributed by atoms with Gasteiger partial charge in [-0.3, -0.25) is 4.79 Å². The second-order valence-corrected chi connectivity index (χ2v) is 6.74. The normalized spacial score (nSPS) is 19.8. The zero-order chi connectivity index (χ0) is 15.5. The fraction of sp³-hybridized carbons (Fsp3) is 0.500. The topological polar surface area (TPSA) is 92.5 Å². The van der Waals surface area contributed by atoms with E-state index in [1.807, 2.05) is 6.92 Å². The minimum atomic E-state index is -3.76. The van der Waals surface area contributed by atoms with Gasteiger partial charge in [0.05, 0.1) is 10.9 Å². The van der Waals surface area contributed by atoms with Crippen molar-refractivity contribution in [3.8, 4) is 0 Å². The molecule has 3 N–H and O–H groups in total. The first kappa shape index (κ1) is 15.9. The molecule has 6 nitrogen and oxygen atoms in total. The highest BCUT2D eigenvalue weighted by molar-refractivity contribution is 7.89. The number of hydrogen-bond donors (Lipinski definition) is 2. The molecule has 2 rings (SSSR count). The maximum atomic E-state index is 12.5. The van der Waals surface area contributed by atoms with Crippen LogP contribution in [0.5, 0.6) is 0 Å². The van der Waals surface area contributed by atoms with Gasteiger partial charge in [-0.15, -0.1) is 0 Å². The van der Waals surface area contributed by atoms with Gasteiger partial charge in [-0.05, 0) is 44.0 Å². The Morgan fingerprint density at radius 1 is 1.43 bits per heavy atom. The van der Waals surface area contributed by atoms with Gasteiger partial charge in [-0.1, -0.05) is 13.0 Å². The van der Waals surface area contributed by atoms with Crippen LogP contribution < -0.4 is 15.4 Å². The Morgan fingerprint density at radius 2 is 2.19 bits per heavy atom. The molecule has 1 atom stereocenters. The molecule has 1 unspecified atom stereocenters. The molecule has 1 aliphatic rings. The summed E-state index contributed by atoms with van der Waals surface area (Å²) >= 11 is 0. The molecule has 0 bridgehead atoms. The monoisotopic (exact) mass is 311 g/mol. The van der Waals surface area contributed by atoms with E-state index in [0.29, 0.717) is 12.2 Å². The molecule has 7 heteroatoms. The summed E-state index contributed by atoms with van der Waals surface area (Å²) in [7, 11) is -3.76. The average molecular weight is 311 g/mol. The van der Waals surface area contributed by atoms with Crippen LogP contribution >= 0.6 is 0 Å². The summed E-state index contributed by atoms with van der Waals surface area (Å²) in [6.07, 6.45) is 2.65. The Labute approximate surface area is 125 Å². The Balaban J connectivity index is 2.23. The third-order valence-corrected chi connectivity index (χ3v) is 4.45. The number of nitrogens with two attached hydrogens (primary N) is 1. The lowest BCUT2D eigenvalue weighted by atomic mass is 10.0. The van der Waals surface area contributed by atoms with Crippen LogP contribution in [0.15, 0.2) is 29.2 Å². The van der Waals surface area contributed by atoms with Crippen LogP contribution in [0.2, 0.25) is 0 Å². The molecule has 0 aliphatic carbocycles. The number of carbonyl (C=O) groups is 1. The van der Waals surface area contributed by atoms with E-state index >= 15 is 0 Å². The quantitative estimate of drug-likeness (QED) is 0.842. The van der Waals surface area contributed by atoms with E-state index in [0.717, 1.165) is 25.8 Å². The predicted molar refractivity (Wildman–Crippen MR) is 81.5 cm³/mol. The van der Waals surface area contributed by atoms with Gasteiger partial charge in [-0.25, -0.2) is 13.6 Å². The summed E-state index contributed by atoms with van der Waals surface area (Å²) in [5, 5.41) is 8.37. The fourth-order valence-electron chi connectivity index (χ4n) is 2.47. The van der Waals surface area contributed by atoms with E-state index < -0.39 is 10.0 Å². The number of piperidine rings is 1. The molecular formula is C14H21N3O3S. The van der Waals surface area contributed by atoms with Crippen LogP contribution in [0, 0.1) is 0 Å². The molecule has 1 saturated heterocycles. The summed E-state index contributed by atoms with van der Waals surface area (Å²) in [5.74, 6) is -0.0127. The van der Waals surface area contributed by atoms with Crippen molar-refractivity contribution < 1.29 is 13.2 Å². The second-order valence-electron chi connectivity index (χ2n) is 5.18. The number of nitrogens with one attached hydrogen (secondary N) is 1. The van der Waals surface area contributed by atoms with E-state index in [1.165, 1.54) is 12.1 Å². The van der Waals surface area contributed by atoms with Gasteiger partial charge >= 0.3 is 0 Å². The summed E-state index contributed by atoms with van der Waals surface area (Å²) < 4.78 is 22.8. The maximum Gasteiger partial charge on any atom is 0.244 e. The van der Waals surface area contributed by atoms with Crippen molar-refractivity contribution in [1.29, 1.82) is 0 Å². The maximum absolute atomic E-state index is 12.5. The minimum Gasteiger partial charge on any atom is -0.311 e. The molecule has 0 radical (unpaired) electrons. The smallest absolute Gasteiger partial charge is 0.244 e. The average Bonchev–Trinajstić information content (AvgIpc) is 2.45. The number of anilines is 1. The van der Waals surface area contributed by atoms with E-state index in [1.54, 1.807) is 17.0 Å². The molecule has 116 valence electrons. The molecule has 1 aromatic carbocycles. The lowest BCUT2D eigenvalue weighted by Gasteiger charge is -2.33. The van der Waals surface area contributed by atoms with E-state index in [4.69, 9.17) is 5.14 Å². The highest BCUT2D eigenvalue weighted by Crippen LogP contribution is 2.23. The molecular weight excluding hydrogens is 290 g/mol. The van der Waals surface area contributed by atoms with Gasteiger partial charge in [0, 0.05) is 12.2 Å². The minimum absolute atomic E-state index is 0.0127. The molecule has 0 aromatic heterocycles. The van der Waals surface area contributed by atoms with Gasteiger partial charge < -0.3 is 10.2 Å². The Hall–Kier alpha value is -1.44. The van der Waals surface area contributed by atoms with Crippen molar-refractivity contribution in [3.63, 3.8) is 0 Å². The van der Waals surface area contributed by atoms with Crippen LogP contribution in [0.3, 0.4) is 0 Å². The molecule has 0 spiro atoms. The highest BCUT2D eigenvalue weighted by atomic mass is 32.2. The molecule has 1 aliphatic heterocycles. The van der Waals surface area contributed by atoms with Gasteiger partial charge in [0.15, 0.2) is 0 Å². The number of carbonyl (C=O) groups excluding carboxylic acids is 1. The van der Waals surface area contributed by atoms with Crippen molar-refractivity contribution in [2.45, 2.75) is 37.1 Å². The molecule has 0 saturated carbocycles. The third kappa shape index (κ3) is 3.81. The van der Waals surface area contributed by atoms with E-state index in [2.05, 4.69) is 5.32 Å². The zero-order valence-corrected chi connectivity index (χ0v) is 12.9. The first-order valence-corrected chi connectivity index (χ1v) is 8.65. The van der Waals surface area contributed by atoms with Crippen molar-refractivity contribution in [2.75, 3.05) is 18.0 Å². The lowest BCUT2D eigenvalue weighted by molar-refractivity contribution is -0.121. The van der Waals surface area contributed by atoms with Crippen LogP contribution in [-0.4, -0.2) is 33.5 Å². The van der Waals surface area contributed by atoms with Crippen molar-refractivity contribution >= 4 is 21.6 Å². The number of amides is 1. The number of hydrogen-bond acceptors (Lipinski definition) is 4. The van der Waals surface area contributed by atoms with Crippen LogP contribution in [0.1, 0.15) is 26.2 Å².